The number of unbranched alkanes of at least 4 members (excludes halogenated alkanes) is 2. The summed E-state index contributed by atoms with van der Waals surface area (Å²) in [5.41, 5.74) is 0.347. The fraction of sp³-hybridized carbons (Fsp3) is 0.923. The number of halogens is 1. The molecule has 1 saturated heterocycles. The average Bonchev–Trinajstić information content (AvgIpc) is 2.36. The van der Waals surface area contributed by atoms with Crippen LogP contribution in [0.25, 0.3) is 0 Å². The Morgan fingerprint density at radius 3 is 2.69 bits per heavy atom. The van der Waals surface area contributed by atoms with Crippen molar-refractivity contribution < 1.29 is 4.79 Å². The maximum Gasteiger partial charge on any atom is 0.222 e. The van der Waals surface area contributed by atoms with Crippen molar-refractivity contribution in [2.24, 2.45) is 5.41 Å². The summed E-state index contributed by atoms with van der Waals surface area (Å²) in [4.78, 5) is 14.0. The second-order valence-electron chi connectivity index (χ2n) is 5.54. The van der Waals surface area contributed by atoms with Crippen LogP contribution in [0, 0.1) is 5.41 Å². The molecule has 0 saturated carbocycles. The molecule has 1 rings (SSSR count). The largest absolute Gasteiger partial charge is 0.343 e. The summed E-state index contributed by atoms with van der Waals surface area (Å²) in [5.74, 6) is 0.365. The second-order valence-corrected chi connectivity index (χ2v) is 6.34. The van der Waals surface area contributed by atoms with E-state index in [-0.39, 0.29) is 0 Å². The summed E-state index contributed by atoms with van der Waals surface area (Å²) >= 11 is 3.43. The number of nitrogens with zero attached hydrogens (tertiary/aromatic N) is 1. The third kappa shape index (κ3) is 4.86. The highest BCUT2D eigenvalue weighted by atomic mass is 79.9. The highest BCUT2D eigenvalue weighted by Gasteiger charge is 2.26. The molecule has 0 spiro atoms. The van der Waals surface area contributed by atoms with E-state index in [0.29, 0.717) is 11.3 Å². The summed E-state index contributed by atoms with van der Waals surface area (Å²) in [6.07, 6.45) is 6.52. The van der Waals surface area contributed by atoms with Crippen LogP contribution in [0.2, 0.25) is 0 Å². The van der Waals surface area contributed by atoms with Crippen molar-refractivity contribution >= 4 is 21.8 Å². The van der Waals surface area contributed by atoms with Crippen LogP contribution < -0.4 is 0 Å². The number of amides is 1. The summed E-state index contributed by atoms with van der Waals surface area (Å²) in [5, 5.41) is 1.08. The highest BCUT2D eigenvalue weighted by molar-refractivity contribution is 9.09. The summed E-state index contributed by atoms with van der Waals surface area (Å²) in [6.45, 7) is 6.46. The standard InChI is InChI=1S/C13H24BrNO/c1-13(2)7-6-12(16)15(11-8-13)10-5-3-4-9-14/h3-11H2,1-2H3. The molecule has 1 aliphatic rings. The number of alkyl halides is 1. The molecular weight excluding hydrogens is 266 g/mol. The van der Waals surface area contributed by atoms with Crippen LogP contribution in [0.5, 0.6) is 0 Å². The Hall–Kier alpha value is -0.0500. The first-order chi connectivity index (χ1) is 7.55. The normalized spacial score (nSPS) is 20.9. The zero-order chi connectivity index (χ0) is 12.0. The van der Waals surface area contributed by atoms with Crippen LogP contribution in [0.15, 0.2) is 0 Å². The summed E-state index contributed by atoms with van der Waals surface area (Å²) < 4.78 is 0. The molecule has 1 heterocycles. The lowest BCUT2D eigenvalue weighted by molar-refractivity contribution is -0.130. The van der Waals surface area contributed by atoms with Crippen LogP contribution in [-0.4, -0.2) is 29.2 Å². The molecule has 1 amide bonds. The first kappa shape index (κ1) is 14.0. The zero-order valence-corrected chi connectivity index (χ0v) is 12.2. The molecule has 16 heavy (non-hydrogen) atoms. The number of carbonyl (C=O) groups is 1. The monoisotopic (exact) mass is 289 g/mol. The molecule has 2 nitrogen and oxygen atoms in total. The average molecular weight is 290 g/mol. The number of rotatable bonds is 5. The maximum absolute atomic E-state index is 11.9. The third-order valence-electron chi connectivity index (χ3n) is 3.49. The number of hydrogen-bond donors (Lipinski definition) is 0. The van der Waals surface area contributed by atoms with Crippen LogP contribution in [0.1, 0.15) is 52.4 Å². The van der Waals surface area contributed by atoms with Gasteiger partial charge in [-0.25, -0.2) is 0 Å². The van der Waals surface area contributed by atoms with E-state index < -0.39 is 0 Å². The first-order valence-electron chi connectivity index (χ1n) is 6.39. The van der Waals surface area contributed by atoms with Gasteiger partial charge in [-0.3, -0.25) is 4.79 Å². The lowest BCUT2D eigenvalue weighted by Crippen LogP contribution is -2.31. The molecule has 94 valence electrons. The van der Waals surface area contributed by atoms with E-state index >= 15 is 0 Å². The van der Waals surface area contributed by atoms with Gasteiger partial charge >= 0.3 is 0 Å². The molecule has 0 N–H and O–H groups in total. The lowest BCUT2D eigenvalue weighted by Gasteiger charge is -2.23. The van der Waals surface area contributed by atoms with Gasteiger partial charge in [0.25, 0.3) is 0 Å². The predicted octanol–water partition coefficient (Wildman–Crippen LogP) is 3.59. The Morgan fingerprint density at radius 2 is 2.00 bits per heavy atom. The van der Waals surface area contributed by atoms with Gasteiger partial charge in [0, 0.05) is 24.8 Å². The van der Waals surface area contributed by atoms with Gasteiger partial charge in [-0.15, -0.1) is 0 Å². The minimum Gasteiger partial charge on any atom is -0.343 e. The van der Waals surface area contributed by atoms with Crippen molar-refractivity contribution in [3.63, 3.8) is 0 Å². The molecule has 0 aromatic rings. The third-order valence-corrected chi connectivity index (χ3v) is 4.05. The highest BCUT2D eigenvalue weighted by Crippen LogP contribution is 2.30. The van der Waals surface area contributed by atoms with Gasteiger partial charge in [0.1, 0.15) is 0 Å². The van der Waals surface area contributed by atoms with Crippen molar-refractivity contribution in [3.05, 3.63) is 0 Å². The van der Waals surface area contributed by atoms with Gasteiger partial charge in [0.15, 0.2) is 0 Å². The maximum atomic E-state index is 11.9. The summed E-state index contributed by atoms with van der Waals surface area (Å²) in [7, 11) is 0. The SMILES string of the molecule is CC1(C)CCC(=O)N(CCCCCBr)CC1. The Kier molecular flexibility index (Phi) is 5.81. The van der Waals surface area contributed by atoms with E-state index in [4.69, 9.17) is 0 Å². The van der Waals surface area contributed by atoms with Gasteiger partial charge in [0.05, 0.1) is 0 Å². The Morgan fingerprint density at radius 1 is 1.25 bits per heavy atom. The molecule has 1 fully saturated rings. The van der Waals surface area contributed by atoms with Crippen molar-refractivity contribution in [1.29, 1.82) is 0 Å². The zero-order valence-electron chi connectivity index (χ0n) is 10.6. The van der Waals surface area contributed by atoms with Gasteiger partial charge < -0.3 is 4.90 Å². The first-order valence-corrected chi connectivity index (χ1v) is 7.51. The Balaban J connectivity index is 2.32. The van der Waals surface area contributed by atoms with Crippen molar-refractivity contribution in [2.45, 2.75) is 52.4 Å². The molecular formula is C13H24BrNO. The number of likely N-dealkylation sites (tertiary alicyclic amines) is 1. The van der Waals surface area contributed by atoms with E-state index in [1.807, 2.05) is 0 Å². The molecule has 0 atom stereocenters. The van der Waals surface area contributed by atoms with Crippen molar-refractivity contribution in [1.82, 2.24) is 4.90 Å². The topological polar surface area (TPSA) is 20.3 Å². The van der Waals surface area contributed by atoms with Crippen LogP contribution in [0.4, 0.5) is 0 Å². The van der Waals surface area contributed by atoms with Gasteiger partial charge in [0.2, 0.25) is 5.91 Å². The molecule has 0 aromatic heterocycles. The lowest BCUT2D eigenvalue weighted by atomic mass is 9.85. The second kappa shape index (κ2) is 6.63. The summed E-state index contributed by atoms with van der Waals surface area (Å²) in [6, 6.07) is 0. The van der Waals surface area contributed by atoms with Gasteiger partial charge in [-0.2, -0.15) is 0 Å². The number of hydrogen-bond acceptors (Lipinski definition) is 1. The minimum atomic E-state index is 0.347. The van der Waals surface area contributed by atoms with Gasteiger partial charge in [-0.05, 0) is 31.1 Å². The fourth-order valence-electron chi connectivity index (χ4n) is 2.10. The van der Waals surface area contributed by atoms with Crippen molar-refractivity contribution in [2.75, 3.05) is 18.4 Å². The van der Waals surface area contributed by atoms with Gasteiger partial charge in [-0.1, -0.05) is 36.2 Å². The molecule has 0 radical (unpaired) electrons. The fourth-order valence-corrected chi connectivity index (χ4v) is 2.50. The molecule has 0 aromatic carbocycles. The number of carbonyl (C=O) groups excluding carboxylic acids is 1. The molecule has 3 heteroatoms. The minimum absolute atomic E-state index is 0.347. The molecule has 0 unspecified atom stereocenters. The quantitative estimate of drug-likeness (QED) is 0.559. The predicted molar refractivity (Wildman–Crippen MR) is 71.9 cm³/mol. The Bertz CT molecular complexity index is 228. The van der Waals surface area contributed by atoms with Crippen molar-refractivity contribution in [3.8, 4) is 0 Å². The van der Waals surface area contributed by atoms with Crippen LogP contribution >= 0.6 is 15.9 Å². The van der Waals surface area contributed by atoms with E-state index in [2.05, 4.69) is 34.7 Å². The van der Waals surface area contributed by atoms with E-state index in [9.17, 15) is 4.79 Å². The van der Waals surface area contributed by atoms with E-state index in [0.717, 1.165) is 44.1 Å². The van der Waals surface area contributed by atoms with Crippen LogP contribution in [0.3, 0.4) is 0 Å². The molecule has 0 bridgehead atoms. The molecule has 0 aliphatic carbocycles. The Labute approximate surface area is 108 Å². The van der Waals surface area contributed by atoms with Crippen LogP contribution in [-0.2, 0) is 4.79 Å². The van der Waals surface area contributed by atoms with E-state index in [1.54, 1.807) is 0 Å². The van der Waals surface area contributed by atoms with E-state index in [1.165, 1.54) is 12.8 Å². The smallest absolute Gasteiger partial charge is 0.222 e. The molecule has 1 aliphatic heterocycles.